The Kier molecular flexibility index (Phi) is 10.6. The zero-order valence-corrected chi connectivity index (χ0v) is 23.7. The molecule has 3 aromatic rings. The van der Waals surface area contributed by atoms with Gasteiger partial charge in [-0.15, -0.1) is 17.9 Å². The van der Waals surface area contributed by atoms with Crippen molar-refractivity contribution in [3.63, 3.8) is 0 Å². The van der Waals surface area contributed by atoms with Crippen LogP contribution in [-0.2, 0) is 17.8 Å². The van der Waals surface area contributed by atoms with Gasteiger partial charge in [0.25, 0.3) is 0 Å². The second-order valence-electron chi connectivity index (χ2n) is 8.37. The molecule has 0 radical (unpaired) electrons. The summed E-state index contributed by atoms with van der Waals surface area (Å²) in [4.78, 5) is 32.0. The average Bonchev–Trinajstić information content (AvgIpc) is 3.31. The van der Waals surface area contributed by atoms with Crippen LogP contribution < -0.4 is 14.8 Å². The summed E-state index contributed by atoms with van der Waals surface area (Å²) in [6, 6.07) is 16.8. The van der Waals surface area contributed by atoms with Crippen LogP contribution in [0.2, 0.25) is 0 Å². The van der Waals surface area contributed by atoms with E-state index in [1.165, 1.54) is 9.78 Å². The van der Waals surface area contributed by atoms with Gasteiger partial charge in [-0.25, -0.2) is 4.79 Å². The van der Waals surface area contributed by atoms with E-state index in [-0.39, 0.29) is 25.0 Å². The standard InChI is InChI=1S/C28H32BrN3O4S/c1-5-15-32(28(34)30-23-10-8-22(29)9-11-23)19-27(33)31(18-24-12-6-20(2)37-24)16-14-21-7-13-25(35-3)26(17-21)36-4/h5-13,17H,1,14-16,18-19H2,2-4H3,(H,30,34). The van der Waals surface area contributed by atoms with E-state index in [0.717, 1.165) is 14.9 Å². The maximum atomic E-state index is 13.5. The minimum absolute atomic E-state index is 0.0648. The topological polar surface area (TPSA) is 71.1 Å². The molecule has 9 heteroatoms. The molecule has 1 heterocycles. The second-order valence-corrected chi connectivity index (χ2v) is 10.7. The Bertz CT molecular complexity index is 1210. The SMILES string of the molecule is C=CCN(CC(=O)N(CCc1ccc(OC)c(OC)c1)Cc1ccc(C)s1)C(=O)Nc1ccc(Br)cc1. The molecule has 0 spiro atoms. The van der Waals surface area contributed by atoms with Crippen LogP contribution in [0, 0.1) is 6.92 Å². The first-order chi connectivity index (χ1) is 17.8. The number of amides is 3. The Hall–Kier alpha value is -3.30. The van der Waals surface area contributed by atoms with E-state index in [9.17, 15) is 9.59 Å². The summed E-state index contributed by atoms with van der Waals surface area (Å²) in [7, 11) is 3.20. The monoisotopic (exact) mass is 585 g/mol. The van der Waals surface area contributed by atoms with Crippen molar-refractivity contribution in [3.8, 4) is 11.5 Å². The van der Waals surface area contributed by atoms with E-state index in [1.807, 2.05) is 49.4 Å². The van der Waals surface area contributed by atoms with Crippen LogP contribution in [0.4, 0.5) is 10.5 Å². The Morgan fingerprint density at radius 3 is 2.38 bits per heavy atom. The van der Waals surface area contributed by atoms with Gasteiger partial charge in [0.05, 0.1) is 20.8 Å². The van der Waals surface area contributed by atoms with Gasteiger partial charge in [-0.2, -0.15) is 0 Å². The number of benzene rings is 2. The third kappa shape index (κ3) is 8.36. The molecule has 1 aromatic heterocycles. The first-order valence-corrected chi connectivity index (χ1v) is 13.4. The van der Waals surface area contributed by atoms with Gasteiger partial charge in [-0.05, 0) is 67.4 Å². The second kappa shape index (κ2) is 13.9. The predicted molar refractivity (Wildman–Crippen MR) is 153 cm³/mol. The average molecular weight is 587 g/mol. The molecule has 3 amide bonds. The van der Waals surface area contributed by atoms with Crippen LogP contribution in [0.1, 0.15) is 15.3 Å². The molecule has 0 unspecified atom stereocenters. The number of anilines is 1. The summed E-state index contributed by atoms with van der Waals surface area (Å²) in [5, 5.41) is 2.86. The van der Waals surface area contributed by atoms with Crippen molar-refractivity contribution < 1.29 is 19.1 Å². The Morgan fingerprint density at radius 2 is 1.76 bits per heavy atom. The van der Waals surface area contributed by atoms with Crippen molar-refractivity contribution in [3.05, 3.63) is 87.0 Å². The van der Waals surface area contributed by atoms with Gasteiger partial charge in [-0.3, -0.25) is 4.79 Å². The summed E-state index contributed by atoms with van der Waals surface area (Å²) in [5.74, 6) is 1.16. The highest BCUT2D eigenvalue weighted by Gasteiger charge is 2.22. The summed E-state index contributed by atoms with van der Waals surface area (Å²) < 4.78 is 11.7. The van der Waals surface area contributed by atoms with E-state index in [1.54, 1.807) is 48.7 Å². The van der Waals surface area contributed by atoms with Gasteiger partial charge in [0.1, 0.15) is 6.54 Å². The van der Waals surface area contributed by atoms with E-state index in [4.69, 9.17) is 9.47 Å². The van der Waals surface area contributed by atoms with E-state index in [0.29, 0.717) is 36.7 Å². The number of rotatable bonds is 12. The number of carbonyl (C=O) groups is 2. The number of thiophene rings is 1. The Morgan fingerprint density at radius 1 is 1.03 bits per heavy atom. The molecule has 1 N–H and O–H groups in total. The minimum Gasteiger partial charge on any atom is -0.493 e. The molecule has 196 valence electrons. The van der Waals surface area contributed by atoms with Crippen molar-refractivity contribution in [1.82, 2.24) is 9.80 Å². The maximum Gasteiger partial charge on any atom is 0.322 e. The van der Waals surface area contributed by atoms with Gasteiger partial charge in [0, 0.05) is 33.0 Å². The highest BCUT2D eigenvalue weighted by Crippen LogP contribution is 2.28. The van der Waals surface area contributed by atoms with Crippen molar-refractivity contribution in [1.29, 1.82) is 0 Å². The Labute approximate surface area is 230 Å². The number of nitrogens with one attached hydrogen (secondary N) is 1. The number of halogens is 1. The van der Waals surface area contributed by atoms with Gasteiger partial charge >= 0.3 is 6.03 Å². The number of nitrogens with zero attached hydrogens (tertiary/aromatic N) is 2. The fraction of sp³-hybridized carbons (Fsp3) is 0.286. The van der Waals surface area contributed by atoms with E-state index < -0.39 is 0 Å². The number of hydrogen-bond donors (Lipinski definition) is 1. The molecule has 7 nitrogen and oxygen atoms in total. The molecular formula is C28H32BrN3O4S. The molecule has 2 aromatic carbocycles. The zero-order chi connectivity index (χ0) is 26.8. The lowest BCUT2D eigenvalue weighted by Gasteiger charge is -2.27. The highest BCUT2D eigenvalue weighted by atomic mass is 79.9. The molecule has 0 aliphatic carbocycles. The number of methoxy groups -OCH3 is 2. The van der Waals surface area contributed by atoms with Gasteiger partial charge < -0.3 is 24.6 Å². The van der Waals surface area contributed by atoms with Crippen LogP contribution in [0.5, 0.6) is 11.5 Å². The fourth-order valence-electron chi connectivity index (χ4n) is 3.72. The molecular weight excluding hydrogens is 554 g/mol. The molecule has 0 atom stereocenters. The zero-order valence-electron chi connectivity index (χ0n) is 21.3. The molecule has 37 heavy (non-hydrogen) atoms. The number of urea groups is 1. The van der Waals surface area contributed by atoms with Crippen LogP contribution in [-0.4, -0.2) is 55.6 Å². The quantitative estimate of drug-likeness (QED) is 0.260. The molecule has 0 fully saturated rings. The third-order valence-corrected chi connectivity index (χ3v) is 7.19. The highest BCUT2D eigenvalue weighted by molar-refractivity contribution is 9.10. The summed E-state index contributed by atoms with van der Waals surface area (Å²) in [6.45, 7) is 6.94. The number of carbonyl (C=O) groups excluding carboxylic acids is 2. The van der Waals surface area contributed by atoms with Gasteiger partial charge in [0.2, 0.25) is 5.91 Å². The van der Waals surface area contributed by atoms with Crippen LogP contribution in [0.25, 0.3) is 0 Å². The van der Waals surface area contributed by atoms with Crippen molar-refractivity contribution in [2.75, 3.05) is 39.2 Å². The molecule has 0 aliphatic heterocycles. The third-order valence-electron chi connectivity index (χ3n) is 5.67. The summed E-state index contributed by atoms with van der Waals surface area (Å²) in [5.41, 5.74) is 1.67. The molecule has 0 saturated heterocycles. The van der Waals surface area contributed by atoms with Crippen LogP contribution >= 0.6 is 27.3 Å². The largest absolute Gasteiger partial charge is 0.493 e. The maximum absolute atomic E-state index is 13.5. The lowest BCUT2D eigenvalue weighted by molar-refractivity contribution is -0.132. The first-order valence-electron chi connectivity index (χ1n) is 11.8. The molecule has 0 bridgehead atoms. The van der Waals surface area contributed by atoms with Crippen molar-refractivity contribution in [2.45, 2.75) is 19.9 Å². The van der Waals surface area contributed by atoms with Gasteiger partial charge in [0.15, 0.2) is 11.5 Å². The molecule has 0 aliphatic rings. The number of hydrogen-bond acceptors (Lipinski definition) is 5. The van der Waals surface area contributed by atoms with Crippen LogP contribution in [0.15, 0.2) is 71.7 Å². The lowest BCUT2D eigenvalue weighted by atomic mass is 10.1. The molecule has 3 rings (SSSR count). The van der Waals surface area contributed by atoms with E-state index >= 15 is 0 Å². The summed E-state index contributed by atoms with van der Waals surface area (Å²) in [6.07, 6.45) is 2.24. The van der Waals surface area contributed by atoms with Crippen LogP contribution in [0.3, 0.4) is 0 Å². The van der Waals surface area contributed by atoms with Crippen molar-refractivity contribution in [2.24, 2.45) is 0 Å². The van der Waals surface area contributed by atoms with Crippen molar-refractivity contribution >= 4 is 44.9 Å². The van der Waals surface area contributed by atoms with Gasteiger partial charge in [-0.1, -0.05) is 28.1 Å². The normalized spacial score (nSPS) is 10.5. The smallest absolute Gasteiger partial charge is 0.322 e. The Balaban J connectivity index is 1.74. The number of ether oxygens (including phenoxy) is 2. The summed E-state index contributed by atoms with van der Waals surface area (Å²) >= 11 is 5.05. The fourth-order valence-corrected chi connectivity index (χ4v) is 4.89. The molecule has 0 saturated carbocycles. The number of aryl methyl sites for hydroxylation is 1. The van der Waals surface area contributed by atoms with E-state index in [2.05, 4.69) is 27.8 Å². The minimum atomic E-state index is -0.359. The predicted octanol–water partition coefficient (Wildman–Crippen LogP) is 6.13. The lowest BCUT2D eigenvalue weighted by Crippen LogP contribution is -2.44. The first kappa shape index (κ1) is 28.3.